The van der Waals surface area contributed by atoms with E-state index in [0.717, 1.165) is 0 Å². The number of fused-ring (bicyclic) bond motifs is 1. The van der Waals surface area contributed by atoms with Gasteiger partial charge in [0.25, 0.3) is 5.91 Å². The number of nitrogens with zero attached hydrogens (tertiary/aromatic N) is 2. The van der Waals surface area contributed by atoms with Crippen LogP contribution in [0.25, 0.3) is 0 Å². The average molecular weight is 360 g/mol. The van der Waals surface area contributed by atoms with Crippen LogP contribution in [0.15, 0.2) is 24.3 Å². The molecule has 0 spiro atoms. The molecule has 1 saturated heterocycles. The molecule has 2 aliphatic heterocycles. The van der Waals surface area contributed by atoms with Crippen LogP contribution in [-0.4, -0.2) is 53.5 Å². The Morgan fingerprint density at radius 3 is 2.69 bits per heavy atom. The van der Waals surface area contributed by atoms with Gasteiger partial charge in [-0.05, 0) is 31.4 Å². The normalized spacial score (nSPS) is 25.5. The van der Waals surface area contributed by atoms with E-state index in [1.165, 1.54) is 0 Å². The molecular formula is C19H24N2O5. The number of para-hydroxylation sites is 2. The minimum Gasteiger partial charge on any atom is -0.481 e. The van der Waals surface area contributed by atoms with Crippen molar-refractivity contribution in [3.05, 3.63) is 24.3 Å². The second kappa shape index (κ2) is 7.35. The summed E-state index contributed by atoms with van der Waals surface area (Å²) in [7, 11) is 0. The van der Waals surface area contributed by atoms with Gasteiger partial charge in [0.05, 0.1) is 11.6 Å². The summed E-state index contributed by atoms with van der Waals surface area (Å²) in [5.41, 5.74) is 0.682. The van der Waals surface area contributed by atoms with Crippen molar-refractivity contribution in [1.82, 2.24) is 4.90 Å². The van der Waals surface area contributed by atoms with E-state index in [9.17, 15) is 19.5 Å². The molecule has 2 heterocycles. The third kappa shape index (κ3) is 3.52. The van der Waals surface area contributed by atoms with Gasteiger partial charge in [-0.15, -0.1) is 0 Å². The highest BCUT2D eigenvalue weighted by atomic mass is 16.5. The number of anilines is 1. The third-order valence-corrected chi connectivity index (χ3v) is 5.20. The van der Waals surface area contributed by atoms with Crippen molar-refractivity contribution in [2.45, 2.75) is 32.8 Å². The molecule has 1 fully saturated rings. The van der Waals surface area contributed by atoms with Crippen LogP contribution in [0.5, 0.6) is 5.75 Å². The van der Waals surface area contributed by atoms with Crippen molar-refractivity contribution in [3.63, 3.8) is 0 Å². The number of ether oxygens (including phenoxy) is 1. The minimum atomic E-state index is -0.797. The van der Waals surface area contributed by atoms with Crippen LogP contribution in [0.1, 0.15) is 26.7 Å². The van der Waals surface area contributed by atoms with Gasteiger partial charge in [-0.25, -0.2) is 0 Å². The second-order valence-electron chi connectivity index (χ2n) is 7.02. The number of hydrogen-bond donors (Lipinski definition) is 1. The number of rotatable bonds is 4. The van der Waals surface area contributed by atoms with Gasteiger partial charge >= 0.3 is 5.97 Å². The Balaban J connectivity index is 1.63. The maximum Gasteiger partial charge on any atom is 0.306 e. The molecule has 26 heavy (non-hydrogen) atoms. The molecule has 3 atom stereocenters. The number of amides is 2. The molecule has 3 unspecified atom stereocenters. The van der Waals surface area contributed by atoms with Gasteiger partial charge in [0.1, 0.15) is 5.75 Å². The summed E-state index contributed by atoms with van der Waals surface area (Å²) in [6.45, 7) is 4.74. The Bertz CT molecular complexity index is 720. The van der Waals surface area contributed by atoms with E-state index in [4.69, 9.17) is 4.74 Å². The number of carbonyl (C=O) groups excluding carboxylic acids is 2. The van der Waals surface area contributed by atoms with Crippen LogP contribution in [0, 0.1) is 11.8 Å². The number of carbonyl (C=O) groups is 3. The van der Waals surface area contributed by atoms with Crippen LogP contribution in [0.3, 0.4) is 0 Å². The molecule has 7 nitrogen and oxygen atoms in total. The molecule has 3 rings (SSSR count). The molecule has 0 aliphatic carbocycles. The molecule has 140 valence electrons. The zero-order chi connectivity index (χ0) is 18.8. The average Bonchev–Trinajstić information content (AvgIpc) is 2.61. The van der Waals surface area contributed by atoms with Gasteiger partial charge in [0.15, 0.2) is 6.10 Å². The lowest BCUT2D eigenvalue weighted by molar-refractivity contribution is -0.148. The summed E-state index contributed by atoms with van der Waals surface area (Å²) in [5.74, 6) is -0.833. The van der Waals surface area contributed by atoms with Crippen LogP contribution >= 0.6 is 0 Å². The number of piperidine rings is 1. The lowest BCUT2D eigenvalue weighted by atomic mass is 9.87. The molecule has 1 aromatic carbocycles. The van der Waals surface area contributed by atoms with Gasteiger partial charge in [-0.3, -0.25) is 14.4 Å². The van der Waals surface area contributed by atoms with Crippen molar-refractivity contribution in [2.24, 2.45) is 11.8 Å². The van der Waals surface area contributed by atoms with Crippen molar-refractivity contribution < 1.29 is 24.2 Å². The number of benzene rings is 1. The van der Waals surface area contributed by atoms with Crippen LogP contribution in [0.4, 0.5) is 5.69 Å². The van der Waals surface area contributed by atoms with Crippen LogP contribution in [0.2, 0.25) is 0 Å². The predicted octanol–water partition coefficient (Wildman–Crippen LogP) is 1.76. The summed E-state index contributed by atoms with van der Waals surface area (Å²) in [6, 6.07) is 7.30. The Labute approximate surface area is 152 Å². The van der Waals surface area contributed by atoms with E-state index < -0.39 is 18.0 Å². The molecule has 0 saturated carbocycles. The quantitative estimate of drug-likeness (QED) is 0.884. The Morgan fingerprint density at radius 1 is 1.27 bits per heavy atom. The van der Waals surface area contributed by atoms with E-state index >= 15 is 0 Å². The van der Waals surface area contributed by atoms with E-state index in [0.29, 0.717) is 30.9 Å². The zero-order valence-electron chi connectivity index (χ0n) is 15.1. The zero-order valence-corrected chi connectivity index (χ0v) is 15.1. The molecule has 2 aliphatic rings. The van der Waals surface area contributed by atoms with Gasteiger partial charge in [-0.2, -0.15) is 0 Å². The summed E-state index contributed by atoms with van der Waals surface area (Å²) < 4.78 is 5.60. The second-order valence-corrected chi connectivity index (χ2v) is 7.02. The summed E-state index contributed by atoms with van der Waals surface area (Å²) >= 11 is 0. The smallest absolute Gasteiger partial charge is 0.306 e. The highest BCUT2D eigenvalue weighted by molar-refractivity contribution is 6.00. The van der Waals surface area contributed by atoms with Crippen LogP contribution in [-0.2, 0) is 14.4 Å². The number of likely N-dealkylation sites (tertiary alicyclic amines) is 1. The van der Waals surface area contributed by atoms with Crippen molar-refractivity contribution >= 4 is 23.5 Å². The van der Waals surface area contributed by atoms with E-state index in [1.807, 2.05) is 31.2 Å². The first-order valence-electron chi connectivity index (χ1n) is 8.96. The first kappa shape index (κ1) is 18.2. The Kier molecular flexibility index (Phi) is 5.15. The summed E-state index contributed by atoms with van der Waals surface area (Å²) in [4.78, 5) is 39.5. The monoisotopic (exact) mass is 360 g/mol. The number of hydrogen-bond acceptors (Lipinski definition) is 4. The fraction of sp³-hybridized carbons (Fsp3) is 0.526. The maximum absolute atomic E-state index is 12.6. The van der Waals surface area contributed by atoms with Gasteiger partial charge < -0.3 is 19.6 Å². The highest BCUT2D eigenvalue weighted by Gasteiger charge is 2.34. The molecule has 0 radical (unpaired) electrons. The lowest BCUT2D eigenvalue weighted by Gasteiger charge is -2.36. The van der Waals surface area contributed by atoms with E-state index in [-0.39, 0.29) is 30.7 Å². The number of carboxylic acid groups (broad SMARTS) is 1. The first-order valence-corrected chi connectivity index (χ1v) is 8.96. The lowest BCUT2D eigenvalue weighted by Crippen LogP contribution is -2.48. The standard InChI is InChI=1S/C19H24N2O5/c1-12-11-20(9-7-14(12)19(24)25)17(22)8-10-21-15-5-3-4-6-16(15)26-13(2)18(21)23/h3-6,12-14H,7-11H2,1-2H3,(H,24,25). The fourth-order valence-electron chi connectivity index (χ4n) is 3.69. The molecule has 1 N–H and O–H groups in total. The molecule has 7 heteroatoms. The number of carboxylic acids is 1. The minimum absolute atomic E-state index is 0.0508. The fourth-order valence-corrected chi connectivity index (χ4v) is 3.69. The van der Waals surface area contributed by atoms with E-state index in [1.54, 1.807) is 16.7 Å². The molecule has 0 bridgehead atoms. The topological polar surface area (TPSA) is 87.2 Å². The third-order valence-electron chi connectivity index (χ3n) is 5.20. The summed E-state index contributed by atoms with van der Waals surface area (Å²) in [5, 5.41) is 9.19. The Morgan fingerprint density at radius 2 is 2.00 bits per heavy atom. The van der Waals surface area contributed by atoms with Gasteiger partial charge in [0.2, 0.25) is 5.91 Å². The molecular weight excluding hydrogens is 336 g/mol. The maximum atomic E-state index is 12.6. The van der Waals surface area contributed by atoms with Crippen molar-refractivity contribution in [1.29, 1.82) is 0 Å². The predicted molar refractivity (Wildman–Crippen MR) is 95.0 cm³/mol. The molecule has 1 aromatic rings. The van der Waals surface area contributed by atoms with E-state index in [2.05, 4.69) is 0 Å². The SMILES string of the molecule is CC1Oc2ccccc2N(CCC(=O)N2CCC(C(=O)O)C(C)C2)C1=O. The number of aliphatic carboxylic acids is 1. The first-order chi connectivity index (χ1) is 12.4. The van der Waals surface area contributed by atoms with Gasteiger partial charge in [0, 0.05) is 26.1 Å². The van der Waals surface area contributed by atoms with Crippen molar-refractivity contribution in [2.75, 3.05) is 24.5 Å². The molecule has 0 aromatic heterocycles. The van der Waals surface area contributed by atoms with Crippen LogP contribution < -0.4 is 9.64 Å². The highest BCUT2D eigenvalue weighted by Crippen LogP contribution is 2.33. The Hall–Kier alpha value is -2.57. The van der Waals surface area contributed by atoms with Gasteiger partial charge in [-0.1, -0.05) is 19.1 Å². The van der Waals surface area contributed by atoms with Crippen molar-refractivity contribution in [3.8, 4) is 5.75 Å². The largest absolute Gasteiger partial charge is 0.481 e. The summed E-state index contributed by atoms with van der Waals surface area (Å²) in [6.07, 6.45) is 0.0990. The molecule has 2 amide bonds.